The molecule has 0 atom stereocenters. The van der Waals surface area contributed by atoms with Gasteiger partial charge < -0.3 is 0 Å². The Morgan fingerprint density at radius 3 is 2.74 bits per heavy atom. The largest absolute Gasteiger partial charge is 0.281 e. The Labute approximate surface area is 121 Å². The van der Waals surface area contributed by atoms with Crippen LogP contribution in [0.25, 0.3) is 0 Å². The first-order chi connectivity index (χ1) is 9.20. The first kappa shape index (κ1) is 14.0. The molecule has 0 saturated heterocycles. The summed E-state index contributed by atoms with van der Waals surface area (Å²) in [4.78, 5) is 14.9. The van der Waals surface area contributed by atoms with Gasteiger partial charge in [-0.15, -0.1) is 22.7 Å². The third-order valence-electron chi connectivity index (χ3n) is 2.55. The fourth-order valence-corrected chi connectivity index (χ4v) is 3.14. The van der Waals surface area contributed by atoms with Crippen LogP contribution in [0.3, 0.4) is 0 Å². The molecule has 2 aromatic rings. The number of carbonyl (C=O) groups is 1. The number of hydrogen-bond donors (Lipinski definition) is 1. The van der Waals surface area contributed by atoms with Gasteiger partial charge in [0.05, 0.1) is 15.5 Å². The van der Waals surface area contributed by atoms with Crippen molar-refractivity contribution < 1.29 is 4.79 Å². The smallest absolute Gasteiger partial charge is 0.266 e. The van der Waals surface area contributed by atoms with Crippen molar-refractivity contribution in [3.8, 4) is 0 Å². The maximum atomic E-state index is 11.8. The van der Waals surface area contributed by atoms with Crippen LogP contribution in [0.4, 0.5) is 0 Å². The molecule has 2 heterocycles. The second-order valence-electron chi connectivity index (χ2n) is 4.14. The monoisotopic (exact) mass is 292 g/mol. The van der Waals surface area contributed by atoms with Crippen molar-refractivity contribution in [1.82, 2.24) is 5.43 Å². The molecule has 5 heteroatoms. The molecular weight excluding hydrogens is 276 g/mol. The summed E-state index contributed by atoms with van der Waals surface area (Å²) in [5.74, 6) is -0.142. The lowest BCUT2D eigenvalue weighted by Gasteiger charge is -2.03. The van der Waals surface area contributed by atoms with Crippen molar-refractivity contribution in [3.05, 3.63) is 44.3 Å². The van der Waals surface area contributed by atoms with Crippen molar-refractivity contribution in [2.24, 2.45) is 5.10 Å². The van der Waals surface area contributed by atoms with Crippen molar-refractivity contribution in [2.75, 3.05) is 0 Å². The summed E-state index contributed by atoms with van der Waals surface area (Å²) in [5, 5.41) is 6.17. The molecule has 0 spiro atoms. The van der Waals surface area contributed by atoms with Crippen LogP contribution in [-0.4, -0.2) is 11.6 Å². The molecule has 2 rings (SSSR count). The summed E-state index contributed by atoms with van der Waals surface area (Å²) in [5.41, 5.74) is 3.59. The van der Waals surface area contributed by atoms with E-state index >= 15 is 0 Å². The lowest BCUT2D eigenvalue weighted by molar-refractivity contribution is 0.0959. The van der Waals surface area contributed by atoms with E-state index in [1.165, 1.54) is 16.2 Å². The standard InChI is InChI=1S/C14H16N2OS2/c1-3-5-11(12-8-7-10(2)19-12)15-16-14(17)13-6-4-9-18-13/h4,6-9H,3,5H2,1-2H3,(H,16,17)/b15-11+. The maximum Gasteiger partial charge on any atom is 0.281 e. The number of nitrogens with zero attached hydrogens (tertiary/aromatic N) is 1. The summed E-state index contributed by atoms with van der Waals surface area (Å²) >= 11 is 3.12. The Morgan fingerprint density at radius 2 is 2.16 bits per heavy atom. The highest BCUT2D eigenvalue weighted by molar-refractivity contribution is 7.14. The van der Waals surface area contributed by atoms with E-state index in [-0.39, 0.29) is 5.91 Å². The zero-order valence-electron chi connectivity index (χ0n) is 11.0. The Morgan fingerprint density at radius 1 is 1.32 bits per heavy atom. The Balaban J connectivity index is 2.11. The molecule has 0 bridgehead atoms. The quantitative estimate of drug-likeness (QED) is 0.655. The van der Waals surface area contributed by atoms with Crippen LogP contribution in [0.15, 0.2) is 34.7 Å². The molecule has 1 N–H and O–H groups in total. The second kappa shape index (κ2) is 6.63. The second-order valence-corrected chi connectivity index (χ2v) is 6.37. The van der Waals surface area contributed by atoms with E-state index in [1.807, 2.05) is 11.4 Å². The van der Waals surface area contributed by atoms with Crippen molar-refractivity contribution in [1.29, 1.82) is 0 Å². The van der Waals surface area contributed by atoms with E-state index in [1.54, 1.807) is 17.4 Å². The highest BCUT2D eigenvalue weighted by Gasteiger charge is 2.08. The van der Waals surface area contributed by atoms with Gasteiger partial charge in [0.15, 0.2) is 0 Å². The number of aryl methyl sites for hydroxylation is 1. The first-order valence-corrected chi connectivity index (χ1v) is 7.87. The summed E-state index contributed by atoms with van der Waals surface area (Å²) in [6.07, 6.45) is 1.87. The topological polar surface area (TPSA) is 41.5 Å². The lowest BCUT2D eigenvalue weighted by Crippen LogP contribution is -2.18. The minimum Gasteiger partial charge on any atom is -0.266 e. The van der Waals surface area contributed by atoms with Gasteiger partial charge in [-0.25, -0.2) is 5.43 Å². The van der Waals surface area contributed by atoms with Crippen molar-refractivity contribution in [3.63, 3.8) is 0 Å². The van der Waals surface area contributed by atoms with Crippen LogP contribution < -0.4 is 5.43 Å². The number of hydrogen-bond acceptors (Lipinski definition) is 4. The molecule has 3 nitrogen and oxygen atoms in total. The van der Waals surface area contributed by atoms with Gasteiger partial charge in [-0.2, -0.15) is 5.10 Å². The Bertz CT molecular complexity index is 570. The van der Waals surface area contributed by atoms with Crippen LogP contribution in [0.1, 0.15) is 39.2 Å². The molecular formula is C14H16N2OS2. The zero-order chi connectivity index (χ0) is 13.7. The van der Waals surface area contributed by atoms with Gasteiger partial charge in [0.1, 0.15) is 0 Å². The van der Waals surface area contributed by atoms with E-state index in [9.17, 15) is 4.79 Å². The predicted octanol–water partition coefficient (Wildman–Crippen LogP) is 4.05. The van der Waals surface area contributed by atoms with Crippen LogP contribution in [0.2, 0.25) is 0 Å². The summed E-state index contributed by atoms with van der Waals surface area (Å²) in [7, 11) is 0. The Kier molecular flexibility index (Phi) is 4.87. The molecule has 0 aromatic carbocycles. The SMILES string of the molecule is CCC/C(=N\NC(=O)c1cccs1)c1ccc(C)s1. The number of carbonyl (C=O) groups excluding carboxylic acids is 1. The van der Waals surface area contributed by atoms with Gasteiger partial charge in [0.2, 0.25) is 0 Å². The minimum atomic E-state index is -0.142. The van der Waals surface area contributed by atoms with Gasteiger partial charge in [-0.3, -0.25) is 4.79 Å². The van der Waals surface area contributed by atoms with E-state index < -0.39 is 0 Å². The number of amides is 1. The molecule has 19 heavy (non-hydrogen) atoms. The van der Waals surface area contributed by atoms with Crippen LogP contribution in [-0.2, 0) is 0 Å². The molecule has 0 fully saturated rings. The molecule has 0 saturated carbocycles. The summed E-state index contributed by atoms with van der Waals surface area (Å²) in [6, 6.07) is 7.79. The number of rotatable bonds is 5. The van der Waals surface area contributed by atoms with Gasteiger partial charge >= 0.3 is 0 Å². The number of hydrazone groups is 1. The zero-order valence-corrected chi connectivity index (χ0v) is 12.6. The highest BCUT2D eigenvalue weighted by Crippen LogP contribution is 2.18. The number of nitrogens with one attached hydrogen (secondary N) is 1. The van der Waals surface area contributed by atoms with E-state index in [2.05, 4.69) is 36.5 Å². The minimum absolute atomic E-state index is 0.142. The molecule has 0 radical (unpaired) electrons. The van der Waals surface area contributed by atoms with E-state index in [4.69, 9.17) is 0 Å². The molecule has 0 aliphatic rings. The van der Waals surface area contributed by atoms with Crippen LogP contribution in [0.5, 0.6) is 0 Å². The Hall–Kier alpha value is -1.46. The highest BCUT2D eigenvalue weighted by atomic mass is 32.1. The molecule has 0 aliphatic heterocycles. The lowest BCUT2D eigenvalue weighted by atomic mass is 10.2. The van der Waals surface area contributed by atoms with Gasteiger partial charge in [-0.1, -0.05) is 19.4 Å². The third kappa shape index (κ3) is 3.75. The van der Waals surface area contributed by atoms with E-state index in [0.29, 0.717) is 4.88 Å². The molecule has 100 valence electrons. The van der Waals surface area contributed by atoms with Crippen molar-refractivity contribution >= 4 is 34.3 Å². The third-order valence-corrected chi connectivity index (χ3v) is 4.47. The van der Waals surface area contributed by atoms with Crippen LogP contribution >= 0.6 is 22.7 Å². The van der Waals surface area contributed by atoms with E-state index in [0.717, 1.165) is 23.4 Å². The fraction of sp³-hybridized carbons (Fsp3) is 0.286. The fourth-order valence-electron chi connectivity index (χ4n) is 1.64. The van der Waals surface area contributed by atoms with Gasteiger partial charge in [0, 0.05) is 4.88 Å². The summed E-state index contributed by atoms with van der Waals surface area (Å²) < 4.78 is 0. The molecule has 1 amide bonds. The molecule has 0 aliphatic carbocycles. The molecule has 0 unspecified atom stereocenters. The molecule has 2 aromatic heterocycles. The number of thiophene rings is 2. The van der Waals surface area contributed by atoms with Crippen molar-refractivity contribution in [2.45, 2.75) is 26.7 Å². The van der Waals surface area contributed by atoms with Gasteiger partial charge in [-0.05, 0) is 36.9 Å². The average molecular weight is 292 g/mol. The van der Waals surface area contributed by atoms with Gasteiger partial charge in [0.25, 0.3) is 5.91 Å². The average Bonchev–Trinajstić information content (AvgIpc) is 3.05. The maximum absolute atomic E-state index is 11.8. The van der Waals surface area contributed by atoms with Crippen LogP contribution in [0, 0.1) is 6.92 Å². The first-order valence-electron chi connectivity index (χ1n) is 6.18. The normalized spacial score (nSPS) is 11.6. The predicted molar refractivity (Wildman–Crippen MR) is 82.3 cm³/mol. The summed E-state index contributed by atoms with van der Waals surface area (Å²) in [6.45, 7) is 4.18.